The third-order valence-electron chi connectivity index (χ3n) is 4.05. The molecule has 2 aromatic carbocycles. The van der Waals surface area contributed by atoms with Crippen molar-refractivity contribution in [3.8, 4) is 11.3 Å². The number of non-ortho nitro benzene ring substituents is 1. The molecule has 0 saturated carbocycles. The van der Waals surface area contributed by atoms with E-state index in [-0.39, 0.29) is 5.69 Å². The van der Waals surface area contributed by atoms with E-state index in [1.54, 1.807) is 18.4 Å². The number of para-hydroxylation sites is 1. The predicted molar refractivity (Wildman–Crippen MR) is 104 cm³/mol. The lowest BCUT2D eigenvalue weighted by Crippen LogP contribution is -2.16. The Morgan fingerprint density at radius 1 is 1.04 bits per heavy atom. The van der Waals surface area contributed by atoms with Crippen molar-refractivity contribution in [3.63, 3.8) is 0 Å². The van der Waals surface area contributed by atoms with E-state index in [0.717, 1.165) is 27.5 Å². The highest BCUT2D eigenvalue weighted by atomic mass is 32.1. The number of furan rings is 1. The first-order chi connectivity index (χ1) is 13.2. The lowest BCUT2D eigenvalue weighted by atomic mass is 10.1. The molecule has 0 unspecified atom stereocenters. The highest BCUT2D eigenvalue weighted by Crippen LogP contribution is 2.24. The molecule has 0 amide bonds. The number of nitrogens with zero attached hydrogens (tertiary/aromatic N) is 3. The molecule has 134 valence electrons. The number of hydrogen-bond acceptors (Lipinski definition) is 5. The van der Waals surface area contributed by atoms with E-state index in [9.17, 15) is 10.1 Å². The van der Waals surface area contributed by atoms with Crippen LogP contribution in [0.5, 0.6) is 0 Å². The second-order valence-electron chi connectivity index (χ2n) is 5.82. The molecule has 7 heteroatoms. The van der Waals surface area contributed by atoms with Gasteiger partial charge in [0.05, 0.1) is 29.1 Å². The molecular weight excluding hydrogens is 362 g/mol. The number of thiazole rings is 1. The van der Waals surface area contributed by atoms with Crippen LogP contribution >= 0.6 is 11.3 Å². The summed E-state index contributed by atoms with van der Waals surface area (Å²) < 4.78 is 7.56. The van der Waals surface area contributed by atoms with Crippen molar-refractivity contribution in [1.82, 2.24) is 4.57 Å². The van der Waals surface area contributed by atoms with Crippen molar-refractivity contribution in [2.45, 2.75) is 6.54 Å². The summed E-state index contributed by atoms with van der Waals surface area (Å²) in [4.78, 5) is 16.1. The summed E-state index contributed by atoms with van der Waals surface area (Å²) in [5, 5.41) is 12.9. The maximum Gasteiger partial charge on any atom is 0.269 e. The Bertz CT molecular complexity index is 1110. The van der Waals surface area contributed by atoms with Gasteiger partial charge in [-0.3, -0.25) is 10.1 Å². The lowest BCUT2D eigenvalue weighted by molar-refractivity contribution is -0.384. The van der Waals surface area contributed by atoms with E-state index in [0.29, 0.717) is 6.54 Å². The van der Waals surface area contributed by atoms with Crippen LogP contribution in [0.15, 0.2) is 87.8 Å². The van der Waals surface area contributed by atoms with Crippen LogP contribution in [0.1, 0.15) is 5.76 Å². The molecule has 0 spiro atoms. The summed E-state index contributed by atoms with van der Waals surface area (Å²) in [7, 11) is 0. The molecule has 6 nitrogen and oxygen atoms in total. The smallest absolute Gasteiger partial charge is 0.269 e. The monoisotopic (exact) mass is 377 g/mol. The summed E-state index contributed by atoms with van der Waals surface area (Å²) in [6.07, 6.45) is 1.64. The zero-order valence-electron chi connectivity index (χ0n) is 14.2. The van der Waals surface area contributed by atoms with Crippen molar-refractivity contribution in [1.29, 1.82) is 0 Å². The topological polar surface area (TPSA) is 73.6 Å². The van der Waals surface area contributed by atoms with Crippen molar-refractivity contribution >= 4 is 22.7 Å². The molecule has 0 fully saturated rings. The van der Waals surface area contributed by atoms with E-state index >= 15 is 0 Å². The van der Waals surface area contributed by atoms with Crippen LogP contribution in [-0.4, -0.2) is 9.49 Å². The first kappa shape index (κ1) is 17.0. The van der Waals surface area contributed by atoms with Crippen LogP contribution in [0.4, 0.5) is 11.4 Å². The minimum absolute atomic E-state index is 0.0701. The van der Waals surface area contributed by atoms with Gasteiger partial charge in [0.2, 0.25) is 0 Å². The van der Waals surface area contributed by atoms with Gasteiger partial charge in [-0.05, 0) is 42.0 Å². The van der Waals surface area contributed by atoms with E-state index in [1.165, 1.54) is 23.5 Å². The number of hydrogen-bond donors (Lipinski definition) is 0. The molecule has 4 aromatic rings. The summed E-state index contributed by atoms with van der Waals surface area (Å²) in [6.45, 7) is 0.522. The number of rotatable bonds is 5. The molecule has 0 atom stereocenters. The molecule has 0 aliphatic carbocycles. The van der Waals surface area contributed by atoms with E-state index in [1.807, 2.05) is 47.8 Å². The maximum absolute atomic E-state index is 10.9. The Kier molecular flexibility index (Phi) is 4.67. The summed E-state index contributed by atoms with van der Waals surface area (Å²) in [5.41, 5.74) is 2.75. The van der Waals surface area contributed by atoms with Crippen LogP contribution in [-0.2, 0) is 6.54 Å². The molecule has 0 bridgehead atoms. The van der Waals surface area contributed by atoms with Gasteiger partial charge in [-0.1, -0.05) is 18.2 Å². The van der Waals surface area contributed by atoms with Crippen LogP contribution in [0.3, 0.4) is 0 Å². The summed E-state index contributed by atoms with van der Waals surface area (Å²) in [5.74, 6) is 0.811. The molecule has 4 rings (SSSR count). The Morgan fingerprint density at radius 2 is 1.81 bits per heavy atom. The third-order valence-corrected chi connectivity index (χ3v) is 4.91. The zero-order chi connectivity index (χ0) is 18.6. The fourth-order valence-corrected chi connectivity index (χ4v) is 3.66. The number of benzene rings is 2. The molecule has 2 heterocycles. The summed E-state index contributed by atoms with van der Waals surface area (Å²) in [6, 6.07) is 20.0. The molecule has 2 aromatic heterocycles. The number of aromatic nitrogens is 1. The molecule has 0 aliphatic heterocycles. The number of nitro benzene ring substituents is 1. The van der Waals surface area contributed by atoms with Crippen molar-refractivity contribution < 1.29 is 9.34 Å². The van der Waals surface area contributed by atoms with Crippen molar-refractivity contribution in [3.05, 3.63) is 99.0 Å². The molecule has 27 heavy (non-hydrogen) atoms. The van der Waals surface area contributed by atoms with Crippen LogP contribution in [0.2, 0.25) is 0 Å². The standard InChI is InChI=1S/C20H15N3O3S/c24-23(25)17-10-8-15(9-11-17)19-14-27-20(21-16-5-2-1-3-6-16)22(19)13-18-7-4-12-26-18/h1-12,14H,13H2. The average molecular weight is 377 g/mol. The van der Waals surface area contributed by atoms with Gasteiger partial charge < -0.3 is 8.98 Å². The van der Waals surface area contributed by atoms with Crippen LogP contribution in [0.25, 0.3) is 11.3 Å². The zero-order valence-corrected chi connectivity index (χ0v) is 15.0. The van der Waals surface area contributed by atoms with Crippen LogP contribution < -0.4 is 4.80 Å². The summed E-state index contributed by atoms with van der Waals surface area (Å²) >= 11 is 1.52. The molecule has 0 N–H and O–H groups in total. The Morgan fingerprint density at radius 3 is 2.48 bits per heavy atom. The second-order valence-corrected chi connectivity index (χ2v) is 6.66. The van der Waals surface area contributed by atoms with Gasteiger partial charge in [0.1, 0.15) is 5.76 Å². The van der Waals surface area contributed by atoms with E-state index in [2.05, 4.69) is 4.57 Å². The van der Waals surface area contributed by atoms with Gasteiger partial charge in [-0.2, -0.15) is 0 Å². The number of nitro groups is 1. The van der Waals surface area contributed by atoms with Gasteiger partial charge in [0.15, 0.2) is 4.80 Å². The Balaban J connectivity index is 1.81. The fraction of sp³-hybridized carbons (Fsp3) is 0.0500. The molecule has 0 saturated heterocycles. The second kappa shape index (κ2) is 7.43. The third kappa shape index (κ3) is 3.73. The lowest BCUT2D eigenvalue weighted by Gasteiger charge is -2.07. The van der Waals surface area contributed by atoms with Gasteiger partial charge in [-0.25, -0.2) is 4.99 Å². The normalized spacial score (nSPS) is 11.6. The van der Waals surface area contributed by atoms with E-state index in [4.69, 9.17) is 9.41 Å². The minimum atomic E-state index is -0.398. The van der Waals surface area contributed by atoms with Gasteiger partial charge in [-0.15, -0.1) is 11.3 Å². The largest absolute Gasteiger partial charge is 0.467 e. The minimum Gasteiger partial charge on any atom is -0.467 e. The highest BCUT2D eigenvalue weighted by Gasteiger charge is 2.12. The van der Waals surface area contributed by atoms with Gasteiger partial charge >= 0.3 is 0 Å². The molecule has 0 radical (unpaired) electrons. The van der Waals surface area contributed by atoms with Gasteiger partial charge in [0, 0.05) is 17.5 Å². The van der Waals surface area contributed by atoms with E-state index < -0.39 is 4.92 Å². The first-order valence-corrected chi connectivity index (χ1v) is 9.14. The average Bonchev–Trinajstić information content (AvgIpc) is 3.34. The fourth-order valence-electron chi connectivity index (χ4n) is 2.73. The Hall–Kier alpha value is -3.45. The Labute approximate surface area is 158 Å². The van der Waals surface area contributed by atoms with Gasteiger partial charge in [0.25, 0.3) is 5.69 Å². The predicted octanol–water partition coefficient (Wildman–Crippen LogP) is 5.00. The SMILES string of the molecule is O=[N+]([O-])c1ccc(-c2csc(=Nc3ccccc3)n2Cc2ccco2)cc1. The van der Waals surface area contributed by atoms with Crippen molar-refractivity contribution in [2.75, 3.05) is 0 Å². The van der Waals surface area contributed by atoms with Crippen molar-refractivity contribution in [2.24, 2.45) is 4.99 Å². The quantitative estimate of drug-likeness (QED) is 0.363. The molecule has 0 aliphatic rings. The first-order valence-electron chi connectivity index (χ1n) is 8.26. The van der Waals surface area contributed by atoms with Crippen LogP contribution in [0, 0.1) is 10.1 Å². The maximum atomic E-state index is 10.9. The molecular formula is C20H15N3O3S. The highest BCUT2D eigenvalue weighted by molar-refractivity contribution is 7.07.